The van der Waals surface area contributed by atoms with Crippen molar-refractivity contribution in [3.63, 3.8) is 0 Å². The summed E-state index contributed by atoms with van der Waals surface area (Å²) in [7, 11) is 1.68. The normalized spacial score (nSPS) is 16.6. The highest BCUT2D eigenvalue weighted by atomic mass is 35.5. The van der Waals surface area contributed by atoms with Crippen molar-refractivity contribution in [3.8, 4) is 5.75 Å². The summed E-state index contributed by atoms with van der Waals surface area (Å²) in [6.07, 6.45) is 0.982. The van der Waals surface area contributed by atoms with Crippen LogP contribution in [-0.4, -0.2) is 25.2 Å². The third kappa shape index (κ3) is 2.87. The number of halogens is 1. The number of ether oxygens (including phenoxy) is 1. The van der Waals surface area contributed by atoms with E-state index in [-0.39, 0.29) is 0 Å². The molecule has 0 saturated heterocycles. The van der Waals surface area contributed by atoms with E-state index in [4.69, 9.17) is 16.3 Å². The highest BCUT2D eigenvalue weighted by Gasteiger charge is 2.26. The summed E-state index contributed by atoms with van der Waals surface area (Å²) >= 11 is 6.09. The highest BCUT2D eigenvalue weighted by Crippen LogP contribution is 2.33. The Morgan fingerprint density at radius 2 is 1.96 bits per heavy atom. The van der Waals surface area contributed by atoms with Gasteiger partial charge in [0.2, 0.25) is 0 Å². The molecule has 2 N–H and O–H groups in total. The lowest BCUT2D eigenvalue weighted by molar-refractivity contribution is 0.411. The topological polar surface area (TPSA) is 36.5 Å². The highest BCUT2D eigenvalue weighted by molar-refractivity contribution is 6.30. The zero-order valence-corrected chi connectivity index (χ0v) is 13.7. The van der Waals surface area contributed by atoms with Crippen molar-refractivity contribution < 1.29 is 4.74 Å². The summed E-state index contributed by atoms with van der Waals surface area (Å²) in [4.78, 5) is 0. The minimum Gasteiger partial charge on any atom is -0.497 e. The van der Waals surface area contributed by atoms with Crippen LogP contribution in [0.5, 0.6) is 5.75 Å². The minimum atomic E-state index is 0.770. The van der Waals surface area contributed by atoms with Crippen molar-refractivity contribution in [3.05, 3.63) is 64.3 Å². The molecule has 0 fully saturated rings. The van der Waals surface area contributed by atoms with Crippen LogP contribution in [0.1, 0.15) is 5.56 Å². The van der Waals surface area contributed by atoms with Gasteiger partial charge in [-0.25, -0.2) is 5.01 Å². The molecule has 0 amide bonds. The maximum Gasteiger partial charge on any atom is 0.119 e. The van der Waals surface area contributed by atoms with E-state index in [0.717, 1.165) is 41.7 Å². The molecule has 0 aliphatic carbocycles. The molecule has 0 atom stereocenters. The molecule has 2 aliphatic heterocycles. The van der Waals surface area contributed by atoms with Crippen LogP contribution in [0.3, 0.4) is 0 Å². The molecule has 0 aromatic heterocycles. The molecular formula is C18H18ClN3O. The standard InChI is InChI=1S/C18H18ClN3O/c1-23-16-6-4-15(5-7-16)21-22-10-13-8-12-2-3-14(19)9-17(12)20-18(13)11-22/h2-7,9,20-21H,8,10-11H2,1H3. The second-order valence-electron chi connectivity index (χ2n) is 5.88. The van der Waals surface area contributed by atoms with Crippen molar-refractivity contribution in [1.82, 2.24) is 5.01 Å². The molecule has 118 valence electrons. The Balaban J connectivity index is 1.45. The van der Waals surface area contributed by atoms with Crippen molar-refractivity contribution >= 4 is 23.0 Å². The number of hydrogen-bond donors (Lipinski definition) is 2. The van der Waals surface area contributed by atoms with E-state index < -0.39 is 0 Å². The Kier molecular flexibility index (Phi) is 3.63. The summed E-state index contributed by atoms with van der Waals surface area (Å²) in [6, 6.07) is 14.0. The van der Waals surface area contributed by atoms with E-state index in [2.05, 4.69) is 21.8 Å². The quantitative estimate of drug-likeness (QED) is 0.896. The number of rotatable bonds is 3. The first kappa shape index (κ1) is 14.4. The molecule has 0 saturated carbocycles. The zero-order valence-electron chi connectivity index (χ0n) is 12.9. The number of hydrazine groups is 1. The first-order valence-electron chi connectivity index (χ1n) is 7.63. The predicted molar refractivity (Wildman–Crippen MR) is 94.0 cm³/mol. The van der Waals surface area contributed by atoms with Gasteiger partial charge in [-0.15, -0.1) is 0 Å². The van der Waals surface area contributed by atoms with E-state index in [0.29, 0.717) is 0 Å². The van der Waals surface area contributed by atoms with Crippen molar-refractivity contribution in [2.24, 2.45) is 0 Å². The summed E-state index contributed by atoms with van der Waals surface area (Å²) in [5.41, 5.74) is 9.66. The first-order chi connectivity index (χ1) is 11.2. The van der Waals surface area contributed by atoms with E-state index in [1.54, 1.807) is 7.11 Å². The Morgan fingerprint density at radius 3 is 2.74 bits per heavy atom. The summed E-state index contributed by atoms with van der Waals surface area (Å²) in [5, 5.41) is 6.51. The third-order valence-corrected chi connectivity index (χ3v) is 4.53. The lowest BCUT2D eigenvalue weighted by atomic mass is 9.99. The molecule has 2 aromatic rings. The van der Waals surface area contributed by atoms with Crippen LogP contribution in [0.2, 0.25) is 5.02 Å². The van der Waals surface area contributed by atoms with Gasteiger partial charge in [0.25, 0.3) is 0 Å². The number of nitrogens with one attached hydrogen (secondary N) is 2. The lowest BCUT2D eigenvalue weighted by Crippen LogP contribution is -2.28. The molecule has 4 rings (SSSR count). The van der Waals surface area contributed by atoms with Gasteiger partial charge < -0.3 is 15.5 Å². The van der Waals surface area contributed by atoms with Gasteiger partial charge in [0, 0.05) is 28.6 Å². The number of hydrogen-bond acceptors (Lipinski definition) is 4. The molecule has 4 nitrogen and oxygen atoms in total. The zero-order chi connectivity index (χ0) is 15.8. The lowest BCUT2D eigenvalue weighted by Gasteiger charge is -2.20. The predicted octanol–water partition coefficient (Wildman–Crippen LogP) is 3.91. The average Bonchev–Trinajstić information content (AvgIpc) is 2.94. The Labute approximate surface area is 140 Å². The average molecular weight is 328 g/mol. The fourth-order valence-corrected chi connectivity index (χ4v) is 3.29. The van der Waals surface area contributed by atoms with Crippen LogP contribution in [0, 0.1) is 0 Å². The van der Waals surface area contributed by atoms with Crippen LogP contribution in [-0.2, 0) is 6.42 Å². The molecule has 0 unspecified atom stereocenters. The number of fused-ring (bicyclic) bond motifs is 1. The van der Waals surface area contributed by atoms with E-state index in [1.165, 1.54) is 16.8 Å². The number of nitrogens with zero attached hydrogens (tertiary/aromatic N) is 1. The SMILES string of the molecule is COc1ccc(NN2CC3=C(C2)Nc2cc(Cl)ccc2C3)cc1. The summed E-state index contributed by atoms with van der Waals surface area (Å²) in [5.74, 6) is 0.864. The monoisotopic (exact) mass is 327 g/mol. The molecule has 2 aliphatic rings. The van der Waals surface area contributed by atoms with Gasteiger partial charge in [0.05, 0.1) is 13.7 Å². The molecule has 5 heteroatoms. The van der Waals surface area contributed by atoms with Gasteiger partial charge in [-0.05, 0) is 54.0 Å². The van der Waals surface area contributed by atoms with Crippen LogP contribution in [0.4, 0.5) is 11.4 Å². The Bertz CT molecular complexity index is 770. The fraction of sp³-hybridized carbons (Fsp3) is 0.222. The van der Waals surface area contributed by atoms with Gasteiger partial charge in [-0.1, -0.05) is 17.7 Å². The third-order valence-electron chi connectivity index (χ3n) is 4.30. The molecule has 0 bridgehead atoms. The largest absolute Gasteiger partial charge is 0.497 e. The molecule has 0 spiro atoms. The van der Waals surface area contributed by atoms with Crippen LogP contribution >= 0.6 is 11.6 Å². The molecular weight excluding hydrogens is 310 g/mol. The maximum absolute atomic E-state index is 6.09. The van der Waals surface area contributed by atoms with E-state index >= 15 is 0 Å². The van der Waals surface area contributed by atoms with Crippen molar-refractivity contribution in [1.29, 1.82) is 0 Å². The van der Waals surface area contributed by atoms with Gasteiger partial charge in [-0.2, -0.15) is 0 Å². The molecule has 23 heavy (non-hydrogen) atoms. The number of anilines is 2. The second kappa shape index (κ2) is 5.80. The van der Waals surface area contributed by atoms with Crippen molar-refractivity contribution in [2.45, 2.75) is 6.42 Å². The Morgan fingerprint density at radius 1 is 1.13 bits per heavy atom. The fourth-order valence-electron chi connectivity index (χ4n) is 3.11. The van der Waals surface area contributed by atoms with Crippen LogP contribution < -0.4 is 15.5 Å². The Hall–Kier alpha value is -2.17. The molecule has 2 heterocycles. The minimum absolute atomic E-state index is 0.770. The summed E-state index contributed by atoms with van der Waals surface area (Å²) in [6.45, 7) is 1.77. The first-order valence-corrected chi connectivity index (χ1v) is 8.01. The second-order valence-corrected chi connectivity index (χ2v) is 6.32. The van der Waals surface area contributed by atoms with Crippen molar-refractivity contribution in [2.75, 3.05) is 30.9 Å². The number of methoxy groups -OCH3 is 1. The smallest absolute Gasteiger partial charge is 0.119 e. The van der Waals surface area contributed by atoms with Gasteiger partial charge >= 0.3 is 0 Å². The van der Waals surface area contributed by atoms with Crippen LogP contribution in [0.25, 0.3) is 0 Å². The maximum atomic E-state index is 6.09. The van der Waals surface area contributed by atoms with Crippen LogP contribution in [0.15, 0.2) is 53.7 Å². The molecule has 0 radical (unpaired) electrons. The van der Waals surface area contributed by atoms with Gasteiger partial charge in [0.1, 0.15) is 5.75 Å². The molecule has 2 aromatic carbocycles. The van der Waals surface area contributed by atoms with Gasteiger partial charge in [0.15, 0.2) is 0 Å². The number of benzene rings is 2. The van der Waals surface area contributed by atoms with Gasteiger partial charge in [-0.3, -0.25) is 0 Å². The van der Waals surface area contributed by atoms with E-state index in [9.17, 15) is 0 Å². The summed E-state index contributed by atoms with van der Waals surface area (Å²) < 4.78 is 5.19. The van der Waals surface area contributed by atoms with E-state index in [1.807, 2.05) is 36.4 Å².